The van der Waals surface area contributed by atoms with Gasteiger partial charge in [-0.15, -0.1) is 0 Å². The van der Waals surface area contributed by atoms with Crippen LogP contribution in [-0.2, 0) is 19.3 Å². The van der Waals surface area contributed by atoms with E-state index in [4.69, 9.17) is 11.8 Å². The lowest BCUT2D eigenvalue weighted by Crippen LogP contribution is -2.20. The zero-order valence-corrected chi connectivity index (χ0v) is 12.8. The molecule has 2 rings (SSSR count). The Bertz CT molecular complexity index is 625. The number of carbonyl (C=O) groups is 2. The first-order valence-electron chi connectivity index (χ1n) is 7.06. The molecule has 2 aromatic rings. The van der Waals surface area contributed by atoms with Crippen molar-refractivity contribution < 1.29 is 19.3 Å². The Morgan fingerprint density at radius 3 is 1.33 bits per heavy atom. The molecular weight excluding hydrogens is 312 g/mol. The summed E-state index contributed by atoms with van der Waals surface area (Å²) < 4.78 is 0. The van der Waals surface area contributed by atoms with Crippen LogP contribution >= 0.6 is 0 Å². The molecule has 8 heteroatoms. The number of benzene rings is 2. The summed E-state index contributed by atoms with van der Waals surface area (Å²) in [5, 5.41) is 5.30. The van der Waals surface area contributed by atoms with Crippen LogP contribution in [0.5, 0.6) is 0 Å². The van der Waals surface area contributed by atoms with Crippen LogP contribution in [0.2, 0.25) is 0 Å². The Labute approximate surface area is 138 Å². The Morgan fingerprint density at radius 1 is 0.708 bits per heavy atom. The summed E-state index contributed by atoms with van der Waals surface area (Å²) in [6.45, 7) is -0.408. The monoisotopic (exact) mass is 330 g/mol. The van der Waals surface area contributed by atoms with Gasteiger partial charge >= 0.3 is 0 Å². The second-order valence-electron chi connectivity index (χ2n) is 4.87. The van der Waals surface area contributed by atoms with E-state index in [0.29, 0.717) is 11.4 Å². The second-order valence-corrected chi connectivity index (χ2v) is 4.87. The minimum absolute atomic E-state index is 0.204. The molecule has 0 saturated carbocycles. The first kappa shape index (κ1) is 17.6. The average molecular weight is 330 g/mol. The fourth-order valence-corrected chi connectivity index (χ4v) is 2.04. The van der Waals surface area contributed by atoms with E-state index in [2.05, 4.69) is 20.3 Å². The van der Waals surface area contributed by atoms with Crippen molar-refractivity contribution in [1.82, 2.24) is 0 Å². The van der Waals surface area contributed by atoms with Crippen LogP contribution in [-0.4, -0.2) is 25.0 Å². The van der Waals surface area contributed by atoms with Gasteiger partial charge in [0.25, 0.3) is 11.8 Å². The van der Waals surface area contributed by atoms with Gasteiger partial charge in [0.05, 0.1) is 0 Å². The third-order valence-electron chi connectivity index (χ3n) is 3.10. The molecule has 126 valence electrons. The number of carbonyl (C=O) groups excluding carboxylic acids is 2. The van der Waals surface area contributed by atoms with Crippen molar-refractivity contribution in [2.24, 2.45) is 11.8 Å². The van der Waals surface area contributed by atoms with E-state index < -0.39 is 0 Å². The van der Waals surface area contributed by atoms with Crippen LogP contribution in [0.3, 0.4) is 0 Å². The molecule has 0 radical (unpaired) electrons. The number of nitrogens with two attached hydrogens (primary N) is 2. The highest BCUT2D eigenvalue weighted by Gasteiger charge is 2.04. The van der Waals surface area contributed by atoms with E-state index >= 15 is 0 Å². The molecule has 0 unspecified atom stereocenters. The first-order valence-corrected chi connectivity index (χ1v) is 7.06. The Morgan fingerprint density at radius 2 is 1.04 bits per heavy atom. The fourth-order valence-electron chi connectivity index (χ4n) is 2.04. The van der Waals surface area contributed by atoms with Gasteiger partial charge in [0, 0.05) is 11.4 Å². The second kappa shape index (κ2) is 8.75. The van der Waals surface area contributed by atoms with E-state index in [-0.39, 0.29) is 25.0 Å². The van der Waals surface area contributed by atoms with Gasteiger partial charge in [-0.1, -0.05) is 24.3 Å². The fraction of sp³-hybridized carbons (Fsp3) is 0.125. The molecule has 2 aromatic carbocycles. The molecular formula is C16H18N4O4. The molecule has 0 aromatic heterocycles. The van der Waals surface area contributed by atoms with Gasteiger partial charge in [-0.3, -0.25) is 19.3 Å². The Balaban J connectivity index is 2.01. The van der Waals surface area contributed by atoms with Crippen LogP contribution in [0, 0.1) is 0 Å². The average Bonchev–Trinajstić information content (AvgIpc) is 2.57. The lowest BCUT2D eigenvalue weighted by molar-refractivity contribution is -0.121. The summed E-state index contributed by atoms with van der Waals surface area (Å²) in [5.74, 6) is 9.03. The molecule has 0 atom stereocenters. The lowest BCUT2D eigenvalue weighted by Gasteiger charge is -2.08. The number of hydrogen-bond donors (Lipinski definition) is 4. The van der Waals surface area contributed by atoms with Gasteiger partial charge in [-0.25, -0.2) is 11.8 Å². The van der Waals surface area contributed by atoms with Crippen LogP contribution in [0.25, 0.3) is 11.1 Å². The normalized spacial score (nSPS) is 10.2. The highest BCUT2D eigenvalue weighted by atomic mass is 16.6. The number of amides is 2. The van der Waals surface area contributed by atoms with Gasteiger partial charge in [-0.05, 0) is 35.4 Å². The number of nitrogens with one attached hydrogen (secondary N) is 2. The molecule has 24 heavy (non-hydrogen) atoms. The number of hydrogen-bond acceptors (Lipinski definition) is 6. The van der Waals surface area contributed by atoms with Gasteiger partial charge in [0.1, 0.15) is 13.2 Å². The van der Waals surface area contributed by atoms with Crippen LogP contribution in [0.1, 0.15) is 0 Å². The van der Waals surface area contributed by atoms with Gasteiger partial charge in [-0.2, -0.15) is 0 Å². The van der Waals surface area contributed by atoms with Crippen molar-refractivity contribution in [1.29, 1.82) is 0 Å². The van der Waals surface area contributed by atoms with Crippen molar-refractivity contribution in [3.8, 4) is 11.1 Å². The molecule has 0 heterocycles. The molecule has 0 aliphatic rings. The summed E-state index contributed by atoms with van der Waals surface area (Å²) in [6.07, 6.45) is 0. The minimum atomic E-state index is -0.327. The molecule has 6 N–H and O–H groups in total. The zero-order chi connectivity index (χ0) is 17.4. The predicted octanol–water partition coefficient (Wildman–Crippen LogP) is 1.01. The quantitative estimate of drug-likeness (QED) is 0.561. The highest BCUT2D eigenvalue weighted by molar-refractivity contribution is 5.92. The summed E-state index contributed by atoms with van der Waals surface area (Å²) >= 11 is 0. The summed E-state index contributed by atoms with van der Waals surface area (Å²) in [6, 6.07) is 14.6. The largest absolute Gasteiger partial charge is 0.324 e. The lowest BCUT2D eigenvalue weighted by atomic mass is 10.0. The van der Waals surface area contributed by atoms with Crippen molar-refractivity contribution in [3.05, 3.63) is 48.5 Å². The number of rotatable bonds is 7. The Hall–Kier alpha value is -2.78. The van der Waals surface area contributed by atoms with Crippen molar-refractivity contribution >= 4 is 23.2 Å². The molecule has 0 aliphatic heterocycles. The number of anilines is 2. The molecule has 0 spiro atoms. The summed E-state index contributed by atoms with van der Waals surface area (Å²) in [5.41, 5.74) is 3.22. The van der Waals surface area contributed by atoms with Gasteiger partial charge < -0.3 is 10.6 Å². The first-order chi connectivity index (χ1) is 11.6. The molecule has 0 bridgehead atoms. The molecule has 2 amide bonds. The Kier molecular flexibility index (Phi) is 6.41. The van der Waals surface area contributed by atoms with Crippen LogP contribution in [0.4, 0.5) is 11.4 Å². The van der Waals surface area contributed by atoms with Crippen molar-refractivity contribution in [3.63, 3.8) is 0 Å². The van der Waals surface area contributed by atoms with Crippen LogP contribution in [0.15, 0.2) is 48.5 Å². The minimum Gasteiger partial charge on any atom is -0.324 e. The van der Waals surface area contributed by atoms with Crippen LogP contribution < -0.4 is 22.4 Å². The third-order valence-corrected chi connectivity index (χ3v) is 3.10. The zero-order valence-electron chi connectivity index (χ0n) is 12.8. The summed E-state index contributed by atoms with van der Waals surface area (Å²) in [7, 11) is 0. The molecule has 8 nitrogen and oxygen atoms in total. The third kappa shape index (κ3) is 5.14. The molecule has 0 fully saturated rings. The van der Waals surface area contributed by atoms with E-state index in [1.165, 1.54) is 0 Å². The smallest absolute Gasteiger partial charge is 0.252 e. The predicted molar refractivity (Wildman–Crippen MR) is 89.4 cm³/mol. The maximum atomic E-state index is 11.4. The topological polar surface area (TPSA) is 129 Å². The van der Waals surface area contributed by atoms with Gasteiger partial charge in [0.2, 0.25) is 0 Å². The SMILES string of the molecule is NOCC(=O)Nc1ccc(-c2ccc(NC(=O)CON)cc2)cc1. The summed E-state index contributed by atoms with van der Waals surface area (Å²) in [4.78, 5) is 31.3. The molecule has 0 saturated heterocycles. The van der Waals surface area contributed by atoms with E-state index in [1.807, 2.05) is 24.3 Å². The van der Waals surface area contributed by atoms with E-state index in [1.54, 1.807) is 24.3 Å². The van der Waals surface area contributed by atoms with E-state index in [9.17, 15) is 9.59 Å². The highest BCUT2D eigenvalue weighted by Crippen LogP contribution is 2.23. The van der Waals surface area contributed by atoms with E-state index in [0.717, 1.165) is 11.1 Å². The maximum absolute atomic E-state index is 11.4. The van der Waals surface area contributed by atoms with Crippen molar-refractivity contribution in [2.45, 2.75) is 0 Å². The standard InChI is InChI=1S/C16H18N4O4/c17-23-9-15(21)19-13-5-1-11(2-6-13)12-3-7-14(8-4-12)20-16(22)10-24-18/h1-8H,9-10,17-18H2,(H,19,21)(H,20,22). The van der Waals surface area contributed by atoms with Gasteiger partial charge in [0.15, 0.2) is 0 Å². The molecule has 0 aliphatic carbocycles. The maximum Gasteiger partial charge on any atom is 0.252 e. The van der Waals surface area contributed by atoms with Crippen molar-refractivity contribution in [2.75, 3.05) is 23.8 Å².